The zero-order chi connectivity index (χ0) is 19.6. The highest BCUT2D eigenvalue weighted by Gasteiger charge is 2.28. The maximum atomic E-state index is 13.9. The summed E-state index contributed by atoms with van der Waals surface area (Å²) in [7, 11) is -4.33. The molecule has 0 saturated carbocycles. The molecule has 1 N–H and O–H groups in total. The lowest BCUT2D eigenvalue weighted by molar-refractivity contribution is 0.246. The number of nitrogens with zero attached hydrogens (tertiary/aromatic N) is 1. The minimum Gasteiger partial charge on any atom is -0.295 e. The summed E-state index contributed by atoms with van der Waals surface area (Å²) in [4.78, 5) is 1.26. The molecular weight excluding hydrogens is 377 g/mol. The Balaban J connectivity index is 1.84. The molecule has 1 fully saturated rings. The summed E-state index contributed by atoms with van der Waals surface area (Å²) in [5.74, 6) is -4.94. The summed E-state index contributed by atoms with van der Waals surface area (Å²) in [6, 6.07) is 8.87. The molecule has 2 aromatic rings. The van der Waals surface area contributed by atoms with Crippen LogP contribution in [0.1, 0.15) is 30.0 Å². The third kappa shape index (κ3) is 4.34. The van der Waals surface area contributed by atoms with E-state index in [0.29, 0.717) is 6.07 Å². The molecule has 0 aliphatic carbocycles. The van der Waals surface area contributed by atoms with Crippen LogP contribution in [-0.4, -0.2) is 33.0 Å². The van der Waals surface area contributed by atoms with Crippen molar-refractivity contribution in [3.05, 3.63) is 65.0 Å². The predicted molar refractivity (Wildman–Crippen MR) is 96.2 cm³/mol. The van der Waals surface area contributed by atoms with Crippen molar-refractivity contribution >= 4 is 10.0 Å². The SMILES string of the molecule is Cc1ccc(C(CNS(=O)(=O)c2ccc(F)c(F)c2F)N2CCCC2)cc1. The van der Waals surface area contributed by atoms with E-state index in [1.807, 2.05) is 31.2 Å². The van der Waals surface area contributed by atoms with Crippen molar-refractivity contribution in [3.8, 4) is 0 Å². The lowest BCUT2D eigenvalue weighted by Gasteiger charge is -2.28. The zero-order valence-electron chi connectivity index (χ0n) is 14.9. The summed E-state index contributed by atoms with van der Waals surface area (Å²) in [6.45, 7) is 3.63. The van der Waals surface area contributed by atoms with Crippen molar-refractivity contribution < 1.29 is 21.6 Å². The fourth-order valence-corrected chi connectivity index (χ4v) is 4.39. The van der Waals surface area contributed by atoms with Gasteiger partial charge >= 0.3 is 0 Å². The van der Waals surface area contributed by atoms with Gasteiger partial charge in [-0.05, 0) is 50.6 Å². The number of nitrogens with one attached hydrogen (secondary N) is 1. The second kappa shape index (κ2) is 8.00. The minimum absolute atomic E-state index is 0.00380. The van der Waals surface area contributed by atoms with Crippen molar-refractivity contribution in [2.75, 3.05) is 19.6 Å². The Morgan fingerprint density at radius 3 is 2.26 bits per heavy atom. The molecule has 1 heterocycles. The Labute approximate surface area is 157 Å². The van der Waals surface area contributed by atoms with Crippen molar-refractivity contribution in [3.63, 3.8) is 0 Å². The van der Waals surface area contributed by atoms with Crippen LogP contribution in [0.3, 0.4) is 0 Å². The molecule has 0 bridgehead atoms. The highest BCUT2D eigenvalue weighted by molar-refractivity contribution is 7.89. The van der Waals surface area contributed by atoms with Crippen molar-refractivity contribution in [2.45, 2.75) is 30.7 Å². The first kappa shape index (κ1) is 19.9. The highest BCUT2D eigenvalue weighted by Crippen LogP contribution is 2.26. The van der Waals surface area contributed by atoms with Gasteiger partial charge in [-0.2, -0.15) is 0 Å². The quantitative estimate of drug-likeness (QED) is 0.758. The van der Waals surface area contributed by atoms with E-state index in [2.05, 4.69) is 9.62 Å². The number of aryl methyl sites for hydroxylation is 1. The Morgan fingerprint density at radius 1 is 1.00 bits per heavy atom. The van der Waals surface area contributed by atoms with Gasteiger partial charge < -0.3 is 0 Å². The van der Waals surface area contributed by atoms with Gasteiger partial charge in [0.25, 0.3) is 0 Å². The number of rotatable bonds is 6. The lowest BCUT2D eigenvalue weighted by atomic mass is 10.0. The van der Waals surface area contributed by atoms with Gasteiger partial charge in [0.15, 0.2) is 17.5 Å². The van der Waals surface area contributed by atoms with Gasteiger partial charge in [-0.1, -0.05) is 29.8 Å². The van der Waals surface area contributed by atoms with Gasteiger partial charge in [0, 0.05) is 12.6 Å². The molecule has 1 aliphatic rings. The summed E-state index contributed by atoms with van der Waals surface area (Å²) < 4.78 is 67.7. The smallest absolute Gasteiger partial charge is 0.243 e. The van der Waals surface area contributed by atoms with Crippen LogP contribution in [0.25, 0.3) is 0 Å². The van der Waals surface area contributed by atoms with Crippen LogP contribution in [0.2, 0.25) is 0 Å². The molecule has 1 unspecified atom stereocenters. The van der Waals surface area contributed by atoms with E-state index in [-0.39, 0.29) is 12.6 Å². The topological polar surface area (TPSA) is 49.4 Å². The summed E-state index contributed by atoms with van der Waals surface area (Å²) in [6.07, 6.45) is 2.04. The number of likely N-dealkylation sites (tertiary alicyclic amines) is 1. The van der Waals surface area contributed by atoms with Crippen LogP contribution >= 0.6 is 0 Å². The number of benzene rings is 2. The van der Waals surface area contributed by atoms with Gasteiger partial charge in [0.05, 0.1) is 0 Å². The second-order valence-electron chi connectivity index (χ2n) is 6.69. The molecule has 1 atom stereocenters. The molecule has 1 saturated heterocycles. The molecule has 0 radical (unpaired) electrons. The number of hydrogen-bond donors (Lipinski definition) is 1. The van der Waals surface area contributed by atoms with Gasteiger partial charge in [0.1, 0.15) is 4.90 Å². The van der Waals surface area contributed by atoms with E-state index in [0.717, 1.165) is 43.1 Å². The molecule has 4 nitrogen and oxygen atoms in total. The van der Waals surface area contributed by atoms with E-state index in [1.54, 1.807) is 0 Å². The Kier molecular flexibility index (Phi) is 5.88. The van der Waals surface area contributed by atoms with Crippen molar-refractivity contribution in [1.82, 2.24) is 9.62 Å². The van der Waals surface area contributed by atoms with Crippen LogP contribution in [0, 0.1) is 24.4 Å². The largest absolute Gasteiger partial charge is 0.295 e. The van der Waals surface area contributed by atoms with Gasteiger partial charge in [-0.3, -0.25) is 4.90 Å². The molecule has 0 spiro atoms. The standard InChI is InChI=1S/C19H21F3N2O2S/c1-13-4-6-14(7-5-13)16(24-10-2-3-11-24)12-23-27(25,26)17-9-8-15(20)18(21)19(17)22/h4-9,16,23H,2-3,10-12H2,1H3. The second-order valence-corrected chi connectivity index (χ2v) is 8.43. The molecule has 27 heavy (non-hydrogen) atoms. The molecule has 3 rings (SSSR count). The fourth-order valence-electron chi connectivity index (χ4n) is 3.28. The van der Waals surface area contributed by atoms with E-state index in [1.165, 1.54) is 0 Å². The first-order valence-electron chi connectivity index (χ1n) is 8.73. The summed E-state index contributed by atoms with van der Waals surface area (Å²) in [5, 5.41) is 0. The number of hydrogen-bond acceptors (Lipinski definition) is 3. The molecular formula is C19H21F3N2O2S. The van der Waals surface area contributed by atoms with Gasteiger partial charge in [-0.15, -0.1) is 0 Å². The maximum absolute atomic E-state index is 13.9. The number of sulfonamides is 1. The van der Waals surface area contributed by atoms with Crippen LogP contribution in [0.4, 0.5) is 13.2 Å². The minimum atomic E-state index is -4.33. The Morgan fingerprint density at radius 2 is 1.63 bits per heavy atom. The van der Waals surface area contributed by atoms with Gasteiger partial charge in [0.2, 0.25) is 10.0 Å². The lowest BCUT2D eigenvalue weighted by Crippen LogP contribution is -2.37. The molecule has 8 heteroatoms. The molecule has 0 aromatic heterocycles. The average Bonchev–Trinajstić information content (AvgIpc) is 3.15. The van der Waals surface area contributed by atoms with Crippen molar-refractivity contribution in [1.29, 1.82) is 0 Å². The normalized spacial score (nSPS) is 16.6. The zero-order valence-corrected chi connectivity index (χ0v) is 15.7. The van der Waals surface area contributed by atoms with E-state index in [4.69, 9.17) is 0 Å². The Bertz CT molecular complexity index is 911. The molecule has 1 aliphatic heterocycles. The van der Waals surface area contributed by atoms with E-state index in [9.17, 15) is 21.6 Å². The first-order valence-corrected chi connectivity index (χ1v) is 10.2. The third-order valence-corrected chi connectivity index (χ3v) is 6.24. The highest BCUT2D eigenvalue weighted by atomic mass is 32.2. The summed E-state index contributed by atoms with van der Waals surface area (Å²) in [5.41, 5.74) is 2.03. The van der Waals surface area contributed by atoms with Crippen LogP contribution in [-0.2, 0) is 10.0 Å². The third-order valence-electron chi connectivity index (χ3n) is 4.80. The molecule has 146 valence electrons. The predicted octanol–water partition coefficient (Wildman–Crippen LogP) is 3.53. The van der Waals surface area contributed by atoms with E-state index >= 15 is 0 Å². The number of halogens is 3. The fraction of sp³-hybridized carbons (Fsp3) is 0.368. The van der Waals surface area contributed by atoms with Crippen molar-refractivity contribution in [2.24, 2.45) is 0 Å². The van der Waals surface area contributed by atoms with Crippen LogP contribution in [0.15, 0.2) is 41.3 Å². The first-order chi connectivity index (χ1) is 12.8. The molecule has 0 amide bonds. The van der Waals surface area contributed by atoms with Crippen LogP contribution in [0.5, 0.6) is 0 Å². The van der Waals surface area contributed by atoms with Crippen LogP contribution < -0.4 is 4.72 Å². The summed E-state index contributed by atoms with van der Waals surface area (Å²) >= 11 is 0. The maximum Gasteiger partial charge on any atom is 0.243 e. The van der Waals surface area contributed by atoms with E-state index < -0.39 is 32.4 Å². The average molecular weight is 398 g/mol. The van der Waals surface area contributed by atoms with Gasteiger partial charge in [-0.25, -0.2) is 26.3 Å². The monoisotopic (exact) mass is 398 g/mol. The molecule has 2 aromatic carbocycles. The Hall–Kier alpha value is -1.90.